The van der Waals surface area contributed by atoms with Gasteiger partial charge in [0.1, 0.15) is 5.75 Å². The third-order valence-corrected chi connectivity index (χ3v) is 2.44. The smallest absolute Gasteiger partial charge is 0.337 e. The van der Waals surface area contributed by atoms with Gasteiger partial charge in [0.15, 0.2) is 0 Å². The first-order chi connectivity index (χ1) is 8.54. The minimum Gasteiger partial charge on any atom is -0.491 e. The van der Waals surface area contributed by atoms with Gasteiger partial charge >= 0.3 is 5.97 Å². The molecule has 0 bridgehead atoms. The van der Waals surface area contributed by atoms with E-state index < -0.39 is 5.97 Å². The predicted molar refractivity (Wildman–Crippen MR) is 70.9 cm³/mol. The van der Waals surface area contributed by atoms with Crippen molar-refractivity contribution in [1.29, 1.82) is 0 Å². The van der Waals surface area contributed by atoms with Gasteiger partial charge in [-0.3, -0.25) is 0 Å². The zero-order chi connectivity index (χ0) is 13.5. The summed E-state index contributed by atoms with van der Waals surface area (Å²) in [5, 5.41) is 0. The number of carbonyl (C=O) groups excluding carboxylic acids is 1. The molecule has 0 aliphatic heterocycles. The number of nitrogens with two attached hydrogens (primary N) is 1. The molecule has 1 rings (SSSR count). The van der Waals surface area contributed by atoms with Crippen LogP contribution in [0.4, 0.5) is 5.69 Å². The standard InChI is InChI=1S/C13H20N2O3/c1-15(2)7-4-8-18-12-9-10(13(16)17-3)5-6-11(12)14/h5-6,9H,4,7-8,14H2,1-3H3. The van der Waals surface area contributed by atoms with Crippen LogP contribution in [0.25, 0.3) is 0 Å². The van der Waals surface area contributed by atoms with Crippen LogP contribution in [0.3, 0.4) is 0 Å². The quantitative estimate of drug-likeness (QED) is 0.471. The Morgan fingerprint density at radius 2 is 2.11 bits per heavy atom. The monoisotopic (exact) mass is 252 g/mol. The highest BCUT2D eigenvalue weighted by molar-refractivity contribution is 5.90. The van der Waals surface area contributed by atoms with E-state index in [0.717, 1.165) is 13.0 Å². The topological polar surface area (TPSA) is 64.8 Å². The minimum atomic E-state index is -0.395. The van der Waals surface area contributed by atoms with Crippen LogP contribution >= 0.6 is 0 Å². The summed E-state index contributed by atoms with van der Waals surface area (Å²) in [6.07, 6.45) is 0.898. The summed E-state index contributed by atoms with van der Waals surface area (Å²) in [5.74, 6) is 0.129. The van der Waals surface area contributed by atoms with Gasteiger partial charge in [0, 0.05) is 6.54 Å². The molecule has 0 unspecified atom stereocenters. The fourth-order valence-corrected chi connectivity index (χ4v) is 1.47. The van der Waals surface area contributed by atoms with Gasteiger partial charge in [0.25, 0.3) is 0 Å². The summed E-state index contributed by atoms with van der Waals surface area (Å²) in [5.41, 5.74) is 6.75. The summed E-state index contributed by atoms with van der Waals surface area (Å²) >= 11 is 0. The highest BCUT2D eigenvalue weighted by atomic mass is 16.5. The molecule has 0 aromatic heterocycles. The number of hydrogen-bond acceptors (Lipinski definition) is 5. The number of carbonyl (C=O) groups is 1. The van der Waals surface area contributed by atoms with Crippen molar-refractivity contribution in [2.45, 2.75) is 6.42 Å². The molecule has 0 amide bonds. The molecular weight excluding hydrogens is 232 g/mol. The Morgan fingerprint density at radius 3 is 2.72 bits per heavy atom. The normalized spacial score (nSPS) is 10.4. The Kier molecular flexibility index (Phi) is 5.45. The molecular formula is C13H20N2O3. The van der Waals surface area contributed by atoms with Crippen LogP contribution < -0.4 is 10.5 Å². The first-order valence-electron chi connectivity index (χ1n) is 5.80. The van der Waals surface area contributed by atoms with Crippen LogP contribution in [0.1, 0.15) is 16.8 Å². The summed E-state index contributed by atoms with van der Waals surface area (Å²) in [7, 11) is 5.36. The van der Waals surface area contributed by atoms with E-state index in [1.54, 1.807) is 18.2 Å². The molecule has 5 heteroatoms. The number of nitrogen functional groups attached to an aromatic ring is 1. The Labute approximate surface area is 107 Å². The van der Waals surface area contributed by atoms with E-state index in [-0.39, 0.29) is 0 Å². The Hall–Kier alpha value is -1.75. The van der Waals surface area contributed by atoms with Crippen LogP contribution in [-0.2, 0) is 4.74 Å². The Bertz CT molecular complexity index is 405. The number of nitrogens with zero attached hydrogens (tertiary/aromatic N) is 1. The van der Waals surface area contributed by atoms with Gasteiger partial charge in [0.05, 0.1) is 25.0 Å². The number of ether oxygens (including phenoxy) is 2. The zero-order valence-corrected chi connectivity index (χ0v) is 11.1. The van der Waals surface area contributed by atoms with Crippen molar-refractivity contribution in [2.24, 2.45) is 0 Å². The van der Waals surface area contributed by atoms with Crippen molar-refractivity contribution >= 4 is 11.7 Å². The first-order valence-corrected chi connectivity index (χ1v) is 5.80. The molecule has 0 saturated carbocycles. The van der Waals surface area contributed by atoms with Gasteiger partial charge in [-0.1, -0.05) is 0 Å². The van der Waals surface area contributed by atoms with Gasteiger partial charge in [-0.15, -0.1) is 0 Å². The number of esters is 1. The highest BCUT2D eigenvalue weighted by Crippen LogP contribution is 2.23. The van der Waals surface area contributed by atoms with Crippen LogP contribution in [0.5, 0.6) is 5.75 Å². The summed E-state index contributed by atoms with van der Waals surface area (Å²) in [4.78, 5) is 13.5. The Morgan fingerprint density at radius 1 is 1.39 bits per heavy atom. The van der Waals surface area contributed by atoms with E-state index >= 15 is 0 Å². The van der Waals surface area contributed by atoms with E-state index in [1.165, 1.54) is 7.11 Å². The number of rotatable bonds is 6. The van der Waals surface area contributed by atoms with Gasteiger partial charge in [-0.25, -0.2) is 4.79 Å². The Balaban J connectivity index is 2.61. The lowest BCUT2D eigenvalue weighted by Crippen LogP contribution is -2.15. The van der Waals surface area contributed by atoms with E-state index in [2.05, 4.69) is 9.64 Å². The third kappa shape index (κ3) is 4.25. The van der Waals surface area contributed by atoms with Crippen molar-refractivity contribution in [3.05, 3.63) is 23.8 Å². The van der Waals surface area contributed by atoms with Gasteiger partial charge in [-0.2, -0.15) is 0 Å². The molecule has 0 atom stereocenters. The van der Waals surface area contributed by atoms with Crippen LogP contribution in [0.2, 0.25) is 0 Å². The lowest BCUT2D eigenvalue weighted by atomic mass is 10.2. The average molecular weight is 252 g/mol. The number of benzene rings is 1. The SMILES string of the molecule is COC(=O)c1ccc(N)c(OCCCN(C)C)c1. The molecule has 18 heavy (non-hydrogen) atoms. The lowest BCUT2D eigenvalue weighted by Gasteiger charge is -2.12. The van der Waals surface area contributed by atoms with Crippen LogP contribution in [0.15, 0.2) is 18.2 Å². The second-order valence-electron chi connectivity index (χ2n) is 4.25. The summed E-state index contributed by atoms with van der Waals surface area (Å²) in [6, 6.07) is 4.87. The molecule has 0 radical (unpaired) electrons. The highest BCUT2D eigenvalue weighted by Gasteiger charge is 2.09. The maximum absolute atomic E-state index is 11.4. The molecule has 0 heterocycles. The van der Waals surface area contributed by atoms with E-state index in [4.69, 9.17) is 10.5 Å². The molecule has 0 aliphatic rings. The van der Waals surface area contributed by atoms with Crippen molar-refractivity contribution < 1.29 is 14.3 Å². The van der Waals surface area contributed by atoms with Gasteiger partial charge in [0.2, 0.25) is 0 Å². The fourth-order valence-electron chi connectivity index (χ4n) is 1.47. The molecule has 0 spiro atoms. The summed E-state index contributed by atoms with van der Waals surface area (Å²) in [6.45, 7) is 1.50. The number of methoxy groups -OCH3 is 1. The maximum atomic E-state index is 11.4. The molecule has 100 valence electrons. The van der Waals surface area contributed by atoms with Crippen LogP contribution in [-0.4, -0.2) is 45.2 Å². The zero-order valence-electron chi connectivity index (χ0n) is 11.1. The number of anilines is 1. The molecule has 1 aromatic rings. The predicted octanol–water partition coefficient (Wildman–Crippen LogP) is 1.39. The number of hydrogen-bond donors (Lipinski definition) is 1. The largest absolute Gasteiger partial charge is 0.491 e. The minimum absolute atomic E-state index is 0.395. The molecule has 0 aliphatic carbocycles. The van der Waals surface area contributed by atoms with E-state index in [9.17, 15) is 4.79 Å². The maximum Gasteiger partial charge on any atom is 0.337 e. The molecule has 0 fully saturated rings. The first kappa shape index (κ1) is 14.3. The average Bonchev–Trinajstić information content (AvgIpc) is 2.35. The molecule has 0 saturated heterocycles. The van der Waals surface area contributed by atoms with Crippen molar-refractivity contribution in [2.75, 3.05) is 40.1 Å². The van der Waals surface area contributed by atoms with E-state index in [0.29, 0.717) is 23.6 Å². The van der Waals surface area contributed by atoms with Crippen molar-refractivity contribution in [1.82, 2.24) is 4.90 Å². The second-order valence-corrected chi connectivity index (χ2v) is 4.25. The van der Waals surface area contributed by atoms with Gasteiger partial charge < -0.3 is 20.1 Å². The molecule has 1 aromatic carbocycles. The van der Waals surface area contributed by atoms with Crippen molar-refractivity contribution in [3.8, 4) is 5.75 Å². The van der Waals surface area contributed by atoms with Gasteiger partial charge in [-0.05, 0) is 38.7 Å². The second kappa shape index (κ2) is 6.86. The molecule has 5 nitrogen and oxygen atoms in total. The lowest BCUT2D eigenvalue weighted by molar-refractivity contribution is 0.0600. The molecule has 2 N–H and O–H groups in total. The fraction of sp³-hybridized carbons (Fsp3) is 0.462. The summed E-state index contributed by atoms with van der Waals surface area (Å²) < 4.78 is 10.2. The van der Waals surface area contributed by atoms with E-state index in [1.807, 2.05) is 14.1 Å². The third-order valence-electron chi connectivity index (χ3n) is 2.44. The van der Waals surface area contributed by atoms with Crippen LogP contribution in [0, 0.1) is 0 Å². The van der Waals surface area contributed by atoms with Crippen molar-refractivity contribution in [3.63, 3.8) is 0 Å².